The predicted molar refractivity (Wildman–Crippen MR) is 71.0 cm³/mol. The molecule has 1 saturated heterocycles. The Bertz CT molecular complexity index is 511. The average molecular weight is 280 g/mol. The summed E-state index contributed by atoms with van der Waals surface area (Å²) in [6, 6.07) is 3.45. The SMILES string of the molecule is O=C(NCC1CCOC1)Nc1ccc(C(=O)O)c(O)c1. The van der Waals surface area contributed by atoms with Gasteiger partial charge in [0, 0.05) is 30.8 Å². The van der Waals surface area contributed by atoms with E-state index in [1.165, 1.54) is 18.2 Å². The van der Waals surface area contributed by atoms with Gasteiger partial charge in [0.15, 0.2) is 0 Å². The summed E-state index contributed by atoms with van der Waals surface area (Å²) in [5, 5.41) is 23.5. The minimum Gasteiger partial charge on any atom is -0.507 e. The van der Waals surface area contributed by atoms with E-state index >= 15 is 0 Å². The molecule has 4 N–H and O–H groups in total. The molecule has 1 aliphatic heterocycles. The van der Waals surface area contributed by atoms with Crippen LogP contribution in [0.4, 0.5) is 10.5 Å². The van der Waals surface area contributed by atoms with Crippen LogP contribution in [0.1, 0.15) is 16.8 Å². The molecule has 1 aromatic carbocycles. The first-order valence-electron chi connectivity index (χ1n) is 6.25. The number of carboxylic acid groups (broad SMARTS) is 1. The van der Waals surface area contributed by atoms with Gasteiger partial charge in [0.2, 0.25) is 0 Å². The van der Waals surface area contributed by atoms with Gasteiger partial charge in [-0.2, -0.15) is 0 Å². The molecule has 1 fully saturated rings. The number of aromatic carboxylic acids is 1. The zero-order valence-electron chi connectivity index (χ0n) is 10.8. The Balaban J connectivity index is 1.87. The topological polar surface area (TPSA) is 108 Å². The summed E-state index contributed by atoms with van der Waals surface area (Å²) in [6.45, 7) is 1.89. The number of anilines is 1. The van der Waals surface area contributed by atoms with Crippen LogP contribution in [-0.2, 0) is 4.74 Å². The van der Waals surface area contributed by atoms with Crippen LogP contribution in [0, 0.1) is 5.92 Å². The molecule has 7 heteroatoms. The van der Waals surface area contributed by atoms with Crippen LogP contribution >= 0.6 is 0 Å². The third kappa shape index (κ3) is 3.61. The van der Waals surface area contributed by atoms with E-state index < -0.39 is 12.0 Å². The first kappa shape index (κ1) is 14.1. The van der Waals surface area contributed by atoms with E-state index in [-0.39, 0.29) is 11.3 Å². The molecule has 0 aliphatic carbocycles. The number of hydrogen-bond acceptors (Lipinski definition) is 4. The smallest absolute Gasteiger partial charge is 0.339 e. The third-order valence-corrected chi connectivity index (χ3v) is 3.06. The average Bonchev–Trinajstić information content (AvgIpc) is 2.89. The van der Waals surface area contributed by atoms with E-state index in [1.54, 1.807) is 0 Å². The Hall–Kier alpha value is -2.28. The Morgan fingerprint density at radius 3 is 2.80 bits per heavy atom. The lowest BCUT2D eigenvalue weighted by molar-refractivity contribution is 0.0694. The number of carbonyl (C=O) groups is 2. The minimum absolute atomic E-state index is 0.209. The Morgan fingerprint density at radius 1 is 1.40 bits per heavy atom. The van der Waals surface area contributed by atoms with Gasteiger partial charge in [-0.25, -0.2) is 9.59 Å². The number of carboxylic acids is 1. The van der Waals surface area contributed by atoms with Crippen LogP contribution in [-0.4, -0.2) is 42.0 Å². The number of ether oxygens (including phenoxy) is 1. The molecule has 0 aromatic heterocycles. The minimum atomic E-state index is -1.22. The van der Waals surface area contributed by atoms with Gasteiger partial charge in [-0.1, -0.05) is 0 Å². The van der Waals surface area contributed by atoms with Crippen LogP contribution < -0.4 is 10.6 Å². The van der Waals surface area contributed by atoms with Crippen LogP contribution in [0.3, 0.4) is 0 Å². The van der Waals surface area contributed by atoms with Crippen molar-refractivity contribution in [3.8, 4) is 5.75 Å². The fraction of sp³-hybridized carbons (Fsp3) is 0.385. The number of hydrogen-bond donors (Lipinski definition) is 4. The van der Waals surface area contributed by atoms with Crippen molar-refractivity contribution >= 4 is 17.7 Å². The van der Waals surface area contributed by atoms with E-state index in [0.29, 0.717) is 24.8 Å². The van der Waals surface area contributed by atoms with Gasteiger partial charge in [-0.15, -0.1) is 0 Å². The van der Waals surface area contributed by atoms with Crippen LogP contribution in [0.15, 0.2) is 18.2 Å². The molecule has 7 nitrogen and oxygen atoms in total. The van der Waals surface area contributed by atoms with Gasteiger partial charge in [0.25, 0.3) is 0 Å². The monoisotopic (exact) mass is 280 g/mol. The molecule has 0 saturated carbocycles. The first-order chi connectivity index (χ1) is 9.56. The highest BCUT2D eigenvalue weighted by molar-refractivity contribution is 5.93. The lowest BCUT2D eigenvalue weighted by atomic mass is 10.1. The van der Waals surface area contributed by atoms with E-state index in [2.05, 4.69) is 10.6 Å². The van der Waals surface area contributed by atoms with E-state index in [0.717, 1.165) is 13.0 Å². The van der Waals surface area contributed by atoms with E-state index in [4.69, 9.17) is 9.84 Å². The van der Waals surface area contributed by atoms with Crippen molar-refractivity contribution in [1.82, 2.24) is 5.32 Å². The number of aromatic hydroxyl groups is 1. The van der Waals surface area contributed by atoms with Gasteiger partial charge < -0.3 is 25.6 Å². The molecule has 2 rings (SSSR count). The number of nitrogens with one attached hydrogen (secondary N) is 2. The van der Waals surface area contributed by atoms with Crippen molar-refractivity contribution in [2.24, 2.45) is 5.92 Å². The van der Waals surface area contributed by atoms with E-state index in [9.17, 15) is 14.7 Å². The van der Waals surface area contributed by atoms with E-state index in [1.807, 2.05) is 0 Å². The fourth-order valence-corrected chi connectivity index (χ4v) is 1.95. The van der Waals surface area contributed by atoms with Gasteiger partial charge >= 0.3 is 12.0 Å². The molecular formula is C13H16N2O5. The fourth-order valence-electron chi connectivity index (χ4n) is 1.95. The second kappa shape index (κ2) is 6.25. The van der Waals surface area contributed by atoms with Gasteiger partial charge in [0.1, 0.15) is 11.3 Å². The Kier molecular flexibility index (Phi) is 4.41. The maximum Gasteiger partial charge on any atom is 0.339 e. The maximum absolute atomic E-state index is 11.6. The van der Waals surface area contributed by atoms with Crippen molar-refractivity contribution in [2.75, 3.05) is 25.1 Å². The summed E-state index contributed by atoms with van der Waals surface area (Å²) in [5.74, 6) is -1.29. The van der Waals surface area contributed by atoms with Crippen molar-refractivity contribution in [1.29, 1.82) is 0 Å². The highest BCUT2D eigenvalue weighted by atomic mass is 16.5. The van der Waals surface area contributed by atoms with Gasteiger partial charge in [0.05, 0.1) is 6.61 Å². The summed E-state index contributed by atoms with van der Waals surface area (Å²) in [7, 11) is 0. The summed E-state index contributed by atoms with van der Waals surface area (Å²) in [5.41, 5.74) is 0.117. The molecule has 20 heavy (non-hydrogen) atoms. The number of phenols is 1. The largest absolute Gasteiger partial charge is 0.507 e. The second-order valence-electron chi connectivity index (χ2n) is 4.60. The lowest BCUT2D eigenvalue weighted by Crippen LogP contribution is -2.33. The summed E-state index contributed by atoms with van der Waals surface area (Å²) < 4.78 is 5.20. The van der Waals surface area contributed by atoms with Gasteiger partial charge in [-0.3, -0.25) is 0 Å². The molecule has 108 valence electrons. The zero-order chi connectivity index (χ0) is 14.5. The normalized spacial score (nSPS) is 17.7. The molecule has 2 amide bonds. The molecule has 1 aromatic rings. The van der Waals surface area contributed by atoms with Crippen molar-refractivity contribution < 1.29 is 24.5 Å². The number of carbonyl (C=O) groups excluding carboxylic acids is 1. The molecule has 1 heterocycles. The quantitative estimate of drug-likeness (QED) is 0.664. The maximum atomic E-state index is 11.6. The molecule has 1 unspecified atom stereocenters. The summed E-state index contributed by atoms with van der Waals surface area (Å²) in [4.78, 5) is 22.4. The first-order valence-corrected chi connectivity index (χ1v) is 6.25. The molecule has 0 bridgehead atoms. The molecule has 0 radical (unpaired) electrons. The second-order valence-corrected chi connectivity index (χ2v) is 4.60. The van der Waals surface area contributed by atoms with Crippen LogP contribution in [0.2, 0.25) is 0 Å². The summed E-state index contributed by atoms with van der Waals surface area (Å²) in [6.07, 6.45) is 0.925. The van der Waals surface area contributed by atoms with Crippen molar-refractivity contribution in [2.45, 2.75) is 6.42 Å². The highest BCUT2D eigenvalue weighted by Crippen LogP contribution is 2.21. The van der Waals surface area contributed by atoms with Gasteiger partial charge in [-0.05, 0) is 18.6 Å². The molecule has 1 aliphatic rings. The third-order valence-electron chi connectivity index (χ3n) is 3.06. The number of amides is 2. The van der Waals surface area contributed by atoms with Crippen molar-refractivity contribution in [3.63, 3.8) is 0 Å². The zero-order valence-corrected chi connectivity index (χ0v) is 10.8. The number of benzene rings is 1. The molecule has 1 atom stereocenters. The highest BCUT2D eigenvalue weighted by Gasteiger charge is 2.16. The molecule has 0 spiro atoms. The van der Waals surface area contributed by atoms with Crippen LogP contribution in [0.25, 0.3) is 0 Å². The lowest BCUT2D eigenvalue weighted by Gasteiger charge is -2.11. The van der Waals surface area contributed by atoms with Crippen LogP contribution in [0.5, 0.6) is 5.75 Å². The van der Waals surface area contributed by atoms with Crippen molar-refractivity contribution in [3.05, 3.63) is 23.8 Å². The Morgan fingerprint density at radius 2 is 2.20 bits per heavy atom. The molecular weight excluding hydrogens is 264 g/mol. The number of rotatable bonds is 4. The number of urea groups is 1. The predicted octanol–water partition coefficient (Wildman–Crippen LogP) is 1.25. The standard InChI is InChI=1S/C13H16N2O5/c16-11-5-9(1-2-10(11)12(17)18)15-13(19)14-6-8-3-4-20-7-8/h1-2,5,8,16H,3-4,6-7H2,(H,17,18)(H2,14,15,19). The summed E-state index contributed by atoms with van der Waals surface area (Å²) >= 11 is 0. The Labute approximate surface area is 115 Å².